The zero-order valence-corrected chi connectivity index (χ0v) is 17.4. The Balaban J connectivity index is 1.65. The van der Waals surface area contributed by atoms with Crippen molar-refractivity contribution < 1.29 is 23.9 Å². The average Bonchev–Trinajstić information content (AvgIpc) is 3.24. The minimum atomic E-state index is -0.651. The number of ether oxygens (including phenoxy) is 2. The van der Waals surface area contributed by atoms with Gasteiger partial charge >= 0.3 is 11.9 Å². The van der Waals surface area contributed by atoms with Gasteiger partial charge in [-0.25, -0.2) is 19.3 Å². The van der Waals surface area contributed by atoms with E-state index in [0.717, 1.165) is 0 Å². The summed E-state index contributed by atoms with van der Waals surface area (Å²) in [4.78, 5) is 40.5. The summed E-state index contributed by atoms with van der Waals surface area (Å²) >= 11 is 0. The first kappa shape index (κ1) is 21.7. The maximum atomic E-state index is 12.6. The number of hydrogen-bond acceptors (Lipinski definition) is 7. The van der Waals surface area contributed by atoms with Crippen molar-refractivity contribution in [3.63, 3.8) is 0 Å². The van der Waals surface area contributed by atoms with Crippen LogP contribution in [-0.2, 0) is 14.3 Å². The standard InChI is InChI=1S/C22H22N4O5/c1-14(2)20-17(12-24-26(20)18-6-4-5-11-23-18)22(29)31-13-19(27)25-16-9-7-15(8-10-16)21(28)30-3/h4-12,14H,13H2,1-3H3,(H,25,27). The Kier molecular flexibility index (Phi) is 6.76. The van der Waals surface area contributed by atoms with Crippen LogP contribution in [0.3, 0.4) is 0 Å². The molecule has 1 amide bonds. The fourth-order valence-corrected chi connectivity index (χ4v) is 2.95. The Bertz CT molecular complexity index is 1080. The molecule has 3 aromatic rings. The highest BCUT2D eigenvalue weighted by molar-refractivity contribution is 5.96. The fraction of sp³-hybridized carbons (Fsp3) is 0.227. The Labute approximate surface area is 179 Å². The number of carbonyl (C=O) groups excluding carboxylic acids is 3. The molecule has 9 nitrogen and oxygen atoms in total. The number of hydrogen-bond donors (Lipinski definition) is 1. The Morgan fingerprint density at radius 2 is 1.81 bits per heavy atom. The Morgan fingerprint density at radius 1 is 1.06 bits per heavy atom. The molecule has 0 spiro atoms. The lowest BCUT2D eigenvalue weighted by Crippen LogP contribution is -2.21. The summed E-state index contributed by atoms with van der Waals surface area (Å²) in [5.74, 6) is -1.09. The Morgan fingerprint density at radius 3 is 2.42 bits per heavy atom. The lowest BCUT2D eigenvalue weighted by Gasteiger charge is -2.12. The number of aromatic nitrogens is 3. The molecule has 9 heteroatoms. The molecule has 1 aromatic carbocycles. The van der Waals surface area contributed by atoms with Gasteiger partial charge in [0.25, 0.3) is 5.91 Å². The van der Waals surface area contributed by atoms with Crippen LogP contribution in [0.1, 0.15) is 46.2 Å². The van der Waals surface area contributed by atoms with E-state index in [-0.39, 0.29) is 11.5 Å². The molecule has 0 saturated heterocycles. The molecule has 160 valence electrons. The lowest BCUT2D eigenvalue weighted by molar-refractivity contribution is -0.119. The molecule has 2 heterocycles. The van der Waals surface area contributed by atoms with E-state index < -0.39 is 24.5 Å². The molecule has 0 aliphatic rings. The third kappa shape index (κ3) is 5.13. The molecule has 0 saturated carbocycles. The number of carbonyl (C=O) groups is 3. The zero-order chi connectivity index (χ0) is 22.4. The first-order valence-electron chi connectivity index (χ1n) is 9.55. The number of pyridine rings is 1. The molecule has 3 rings (SSSR count). The lowest BCUT2D eigenvalue weighted by atomic mass is 10.1. The number of esters is 2. The highest BCUT2D eigenvalue weighted by Crippen LogP contribution is 2.23. The van der Waals surface area contributed by atoms with Gasteiger partial charge in [0, 0.05) is 11.9 Å². The van der Waals surface area contributed by atoms with Crippen molar-refractivity contribution in [2.75, 3.05) is 19.0 Å². The Hall–Kier alpha value is -4.01. The van der Waals surface area contributed by atoms with Crippen molar-refractivity contribution in [3.05, 3.63) is 71.7 Å². The van der Waals surface area contributed by atoms with E-state index in [4.69, 9.17) is 4.74 Å². The number of nitrogens with zero attached hydrogens (tertiary/aromatic N) is 3. The molecule has 31 heavy (non-hydrogen) atoms. The van der Waals surface area contributed by atoms with Gasteiger partial charge in [0.05, 0.1) is 24.6 Å². The van der Waals surface area contributed by atoms with E-state index in [1.165, 1.54) is 25.4 Å². The first-order valence-corrected chi connectivity index (χ1v) is 9.55. The van der Waals surface area contributed by atoms with Crippen molar-refractivity contribution in [3.8, 4) is 5.82 Å². The topological polar surface area (TPSA) is 112 Å². The van der Waals surface area contributed by atoms with E-state index in [1.807, 2.05) is 19.9 Å². The fourth-order valence-electron chi connectivity index (χ4n) is 2.95. The molecule has 0 unspecified atom stereocenters. The number of benzene rings is 1. The minimum Gasteiger partial charge on any atom is -0.465 e. The van der Waals surface area contributed by atoms with E-state index in [9.17, 15) is 14.4 Å². The highest BCUT2D eigenvalue weighted by Gasteiger charge is 2.23. The van der Waals surface area contributed by atoms with Crippen LogP contribution in [0, 0.1) is 0 Å². The van der Waals surface area contributed by atoms with Crippen molar-refractivity contribution >= 4 is 23.5 Å². The summed E-state index contributed by atoms with van der Waals surface area (Å²) in [7, 11) is 1.29. The minimum absolute atomic E-state index is 0.0331. The average molecular weight is 422 g/mol. The molecule has 0 radical (unpaired) electrons. The maximum absolute atomic E-state index is 12.6. The summed E-state index contributed by atoms with van der Waals surface area (Å²) in [5.41, 5.74) is 1.73. The number of anilines is 1. The largest absolute Gasteiger partial charge is 0.465 e. The second-order valence-electron chi connectivity index (χ2n) is 6.89. The summed E-state index contributed by atoms with van der Waals surface area (Å²) in [6.07, 6.45) is 3.05. The van der Waals surface area contributed by atoms with Gasteiger partial charge in [-0.15, -0.1) is 0 Å². The van der Waals surface area contributed by atoms with Gasteiger partial charge in [-0.3, -0.25) is 4.79 Å². The summed E-state index contributed by atoms with van der Waals surface area (Å²) < 4.78 is 11.4. The molecule has 0 aliphatic heterocycles. The SMILES string of the molecule is COC(=O)c1ccc(NC(=O)COC(=O)c2cnn(-c3ccccn3)c2C(C)C)cc1. The first-order chi connectivity index (χ1) is 14.9. The molecule has 0 aliphatic carbocycles. The molecule has 0 bridgehead atoms. The summed E-state index contributed by atoms with van der Waals surface area (Å²) in [5, 5.41) is 6.87. The summed E-state index contributed by atoms with van der Waals surface area (Å²) in [6, 6.07) is 11.6. The summed E-state index contributed by atoms with van der Waals surface area (Å²) in [6.45, 7) is 3.39. The van der Waals surface area contributed by atoms with Gasteiger partial charge in [-0.05, 0) is 42.3 Å². The van der Waals surface area contributed by atoms with E-state index >= 15 is 0 Å². The molecule has 0 atom stereocenters. The molecule has 1 N–H and O–H groups in total. The normalized spacial score (nSPS) is 10.6. The van der Waals surface area contributed by atoms with E-state index in [2.05, 4.69) is 20.1 Å². The molecule has 2 aromatic heterocycles. The van der Waals surface area contributed by atoms with Crippen LogP contribution in [0.5, 0.6) is 0 Å². The van der Waals surface area contributed by atoms with Gasteiger partial charge in [0.2, 0.25) is 0 Å². The van der Waals surface area contributed by atoms with Gasteiger partial charge in [-0.1, -0.05) is 19.9 Å². The smallest absolute Gasteiger partial charge is 0.342 e. The van der Waals surface area contributed by atoms with Crippen molar-refractivity contribution in [2.24, 2.45) is 0 Å². The third-order valence-electron chi connectivity index (χ3n) is 4.36. The van der Waals surface area contributed by atoms with Crippen LogP contribution in [0.4, 0.5) is 5.69 Å². The van der Waals surface area contributed by atoms with Crippen LogP contribution in [0.15, 0.2) is 54.9 Å². The number of nitrogens with one attached hydrogen (secondary N) is 1. The third-order valence-corrected chi connectivity index (χ3v) is 4.36. The van der Waals surface area contributed by atoms with Crippen molar-refractivity contribution in [1.82, 2.24) is 14.8 Å². The van der Waals surface area contributed by atoms with Crippen LogP contribution < -0.4 is 5.32 Å². The number of amides is 1. The van der Waals surface area contributed by atoms with Crippen molar-refractivity contribution in [2.45, 2.75) is 19.8 Å². The van der Waals surface area contributed by atoms with E-state index in [1.54, 1.807) is 35.1 Å². The van der Waals surface area contributed by atoms with Gasteiger partial charge in [0.1, 0.15) is 5.56 Å². The molecule has 0 fully saturated rings. The van der Waals surface area contributed by atoms with Gasteiger partial charge in [-0.2, -0.15) is 5.10 Å². The van der Waals surface area contributed by atoms with Gasteiger partial charge in [0.15, 0.2) is 12.4 Å². The van der Waals surface area contributed by atoms with Gasteiger partial charge < -0.3 is 14.8 Å². The predicted octanol–water partition coefficient (Wildman–Crippen LogP) is 2.97. The van der Waals surface area contributed by atoms with Crippen molar-refractivity contribution in [1.29, 1.82) is 0 Å². The quantitative estimate of drug-likeness (QED) is 0.583. The zero-order valence-electron chi connectivity index (χ0n) is 17.4. The van der Waals surface area contributed by atoms with Crippen LogP contribution in [0.25, 0.3) is 5.82 Å². The predicted molar refractivity (Wildman–Crippen MR) is 112 cm³/mol. The van der Waals surface area contributed by atoms with E-state index in [0.29, 0.717) is 22.8 Å². The number of rotatable bonds is 7. The monoisotopic (exact) mass is 422 g/mol. The maximum Gasteiger partial charge on any atom is 0.342 e. The van der Waals surface area contributed by atoms with Crippen LogP contribution in [-0.4, -0.2) is 46.3 Å². The molecular formula is C22H22N4O5. The second-order valence-corrected chi connectivity index (χ2v) is 6.89. The van der Waals surface area contributed by atoms with Crippen LogP contribution in [0.2, 0.25) is 0 Å². The molecular weight excluding hydrogens is 400 g/mol. The highest BCUT2D eigenvalue weighted by atomic mass is 16.5. The second kappa shape index (κ2) is 9.66. The number of methoxy groups -OCH3 is 1. The van der Waals surface area contributed by atoms with Crippen LogP contribution >= 0.6 is 0 Å².